The lowest BCUT2D eigenvalue weighted by molar-refractivity contribution is 0.0729. The van der Waals surface area contributed by atoms with Gasteiger partial charge in [-0.2, -0.15) is 0 Å². The number of ether oxygens (including phenoxy) is 3. The molecule has 0 radical (unpaired) electrons. The number of hydrogen-bond donors (Lipinski definition) is 0. The van der Waals surface area contributed by atoms with Crippen molar-refractivity contribution in [2.75, 3.05) is 27.4 Å². The maximum absolute atomic E-state index is 13.9. The van der Waals surface area contributed by atoms with Crippen molar-refractivity contribution in [3.05, 3.63) is 97.9 Å². The molecule has 1 aromatic heterocycles. The predicted octanol–water partition coefficient (Wildman–Crippen LogP) is 6.74. The van der Waals surface area contributed by atoms with Gasteiger partial charge < -0.3 is 23.5 Å². The highest BCUT2D eigenvalue weighted by Crippen LogP contribution is 2.40. The maximum atomic E-state index is 13.9. The molecule has 0 fully saturated rings. The molecule has 1 aliphatic rings. The molecule has 2 heterocycles. The molecule has 1 unspecified atom stereocenters. The SMILES string of the molecule is CCCCOc1cccc(C2c3c(oc4cc(C)c(Cl)cc4c3=O)C(=O)N2CCc2ccc(OC)c(OC)c2)c1. The Hall–Kier alpha value is -3.97. The normalized spacial score (nSPS) is 14.5. The summed E-state index contributed by atoms with van der Waals surface area (Å²) in [5.74, 6) is 1.66. The lowest BCUT2D eigenvalue weighted by Crippen LogP contribution is -2.31. The molecule has 0 saturated heterocycles. The molecule has 1 aliphatic heterocycles. The van der Waals surface area contributed by atoms with Crippen LogP contribution in [0, 0.1) is 6.92 Å². The van der Waals surface area contributed by atoms with E-state index in [-0.39, 0.29) is 17.1 Å². The number of rotatable bonds is 10. The number of halogens is 1. The third-order valence-electron chi connectivity index (χ3n) is 7.28. The van der Waals surface area contributed by atoms with Gasteiger partial charge in [-0.1, -0.05) is 43.1 Å². The Morgan fingerprint density at radius 2 is 1.80 bits per heavy atom. The number of unbranched alkanes of at least 4 members (excludes halogenated alkanes) is 1. The second-order valence-electron chi connectivity index (χ2n) is 9.89. The highest BCUT2D eigenvalue weighted by molar-refractivity contribution is 6.32. The zero-order chi connectivity index (χ0) is 28.4. The van der Waals surface area contributed by atoms with E-state index >= 15 is 0 Å². The fraction of sp³-hybridized carbons (Fsp3) is 0.312. The molecule has 0 saturated carbocycles. The Bertz CT molecular complexity index is 1630. The van der Waals surface area contributed by atoms with Crippen molar-refractivity contribution in [3.63, 3.8) is 0 Å². The molecule has 0 spiro atoms. The number of benzene rings is 3. The number of carbonyl (C=O) groups is 1. The summed E-state index contributed by atoms with van der Waals surface area (Å²) < 4.78 is 22.9. The first-order valence-corrected chi connectivity index (χ1v) is 13.8. The molecule has 0 bridgehead atoms. The van der Waals surface area contributed by atoms with Crippen LogP contribution in [0.2, 0.25) is 5.02 Å². The molecule has 3 aromatic carbocycles. The molecule has 208 valence electrons. The number of amides is 1. The summed E-state index contributed by atoms with van der Waals surface area (Å²) in [5.41, 5.74) is 2.90. The van der Waals surface area contributed by atoms with Crippen LogP contribution in [0.25, 0.3) is 11.0 Å². The number of carbonyl (C=O) groups excluding carboxylic acids is 1. The first kappa shape index (κ1) is 27.6. The van der Waals surface area contributed by atoms with Crippen LogP contribution in [0.1, 0.15) is 58.6 Å². The van der Waals surface area contributed by atoms with Crippen LogP contribution >= 0.6 is 11.6 Å². The minimum atomic E-state index is -0.641. The van der Waals surface area contributed by atoms with E-state index in [1.807, 2.05) is 49.4 Å². The van der Waals surface area contributed by atoms with Gasteiger partial charge in [0.15, 0.2) is 16.9 Å². The molecule has 1 atom stereocenters. The van der Waals surface area contributed by atoms with Gasteiger partial charge in [0, 0.05) is 11.6 Å². The third-order valence-corrected chi connectivity index (χ3v) is 7.68. The van der Waals surface area contributed by atoms with Crippen LogP contribution in [0.15, 0.2) is 63.8 Å². The van der Waals surface area contributed by atoms with Crippen molar-refractivity contribution in [2.24, 2.45) is 0 Å². The summed E-state index contributed by atoms with van der Waals surface area (Å²) in [7, 11) is 3.18. The summed E-state index contributed by atoms with van der Waals surface area (Å²) in [6, 6.07) is 15.9. The summed E-state index contributed by atoms with van der Waals surface area (Å²) in [6.07, 6.45) is 2.48. The average molecular weight is 562 g/mol. The molecule has 0 aliphatic carbocycles. The first-order valence-electron chi connectivity index (χ1n) is 13.4. The molecule has 7 nitrogen and oxygen atoms in total. The first-order chi connectivity index (χ1) is 19.4. The monoisotopic (exact) mass is 561 g/mol. The number of fused-ring (bicyclic) bond motifs is 2. The van der Waals surface area contributed by atoms with E-state index in [4.69, 9.17) is 30.2 Å². The Kier molecular flexibility index (Phi) is 8.03. The fourth-order valence-corrected chi connectivity index (χ4v) is 5.28. The Labute approximate surface area is 238 Å². The van der Waals surface area contributed by atoms with Crippen molar-refractivity contribution < 1.29 is 23.4 Å². The molecule has 40 heavy (non-hydrogen) atoms. The van der Waals surface area contributed by atoms with E-state index in [9.17, 15) is 9.59 Å². The molecule has 0 N–H and O–H groups in total. The van der Waals surface area contributed by atoms with Crippen LogP contribution in [0.4, 0.5) is 0 Å². The van der Waals surface area contributed by atoms with Crippen molar-refractivity contribution in [2.45, 2.75) is 39.2 Å². The van der Waals surface area contributed by atoms with Gasteiger partial charge in [-0.3, -0.25) is 9.59 Å². The van der Waals surface area contributed by atoms with Gasteiger partial charge in [0.25, 0.3) is 5.91 Å². The number of methoxy groups -OCH3 is 2. The minimum Gasteiger partial charge on any atom is -0.494 e. The van der Waals surface area contributed by atoms with Crippen LogP contribution in [-0.4, -0.2) is 38.2 Å². The van der Waals surface area contributed by atoms with E-state index in [0.29, 0.717) is 58.4 Å². The Morgan fingerprint density at radius 3 is 2.55 bits per heavy atom. The van der Waals surface area contributed by atoms with Crippen molar-refractivity contribution >= 4 is 28.5 Å². The summed E-state index contributed by atoms with van der Waals surface area (Å²) in [6.45, 7) is 4.88. The van der Waals surface area contributed by atoms with Crippen LogP contribution in [0.3, 0.4) is 0 Å². The zero-order valence-corrected chi connectivity index (χ0v) is 23.8. The van der Waals surface area contributed by atoms with Gasteiger partial charge in [-0.15, -0.1) is 0 Å². The largest absolute Gasteiger partial charge is 0.494 e. The molecule has 8 heteroatoms. The maximum Gasteiger partial charge on any atom is 0.290 e. The van der Waals surface area contributed by atoms with E-state index in [2.05, 4.69) is 6.92 Å². The summed E-state index contributed by atoms with van der Waals surface area (Å²) in [4.78, 5) is 29.5. The molecular formula is C32H32ClNO6. The van der Waals surface area contributed by atoms with Crippen LogP contribution in [0.5, 0.6) is 17.2 Å². The van der Waals surface area contributed by atoms with Gasteiger partial charge in [0.2, 0.25) is 5.76 Å². The smallest absolute Gasteiger partial charge is 0.290 e. The average Bonchev–Trinajstić information content (AvgIpc) is 3.24. The van der Waals surface area contributed by atoms with Crippen LogP contribution < -0.4 is 19.6 Å². The van der Waals surface area contributed by atoms with Gasteiger partial charge in [-0.25, -0.2) is 0 Å². The lowest BCUT2D eigenvalue weighted by Gasteiger charge is -2.25. The van der Waals surface area contributed by atoms with E-state index < -0.39 is 6.04 Å². The topological polar surface area (TPSA) is 78.2 Å². The van der Waals surface area contributed by atoms with E-state index in [0.717, 1.165) is 29.5 Å². The molecule has 1 amide bonds. The summed E-state index contributed by atoms with van der Waals surface area (Å²) >= 11 is 6.37. The zero-order valence-electron chi connectivity index (χ0n) is 23.1. The lowest BCUT2D eigenvalue weighted by atomic mass is 9.97. The van der Waals surface area contributed by atoms with Crippen molar-refractivity contribution in [3.8, 4) is 17.2 Å². The number of nitrogens with zero attached hydrogens (tertiary/aromatic N) is 1. The highest BCUT2D eigenvalue weighted by Gasteiger charge is 2.42. The van der Waals surface area contributed by atoms with E-state index in [1.165, 1.54) is 0 Å². The molecule has 5 rings (SSSR count). The molecular weight excluding hydrogens is 530 g/mol. The quantitative estimate of drug-likeness (QED) is 0.200. The predicted molar refractivity (Wildman–Crippen MR) is 155 cm³/mol. The fourth-order valence-electron chi connectivity index (χ4n) is 5.11. The Balaban J connectivity index is 1.58. The van der Waals surface area contributed by atoms with Crippen LogP contribution in [-0.2, 0) is 6.42 Å². The number of aryl methyl sites for hydroxylation is 1. The van der Waals surface area contributed by atoms with Gasteiger partial charge >= 0.3 is 0 Å². The second-order valence-corrected chi connectivity index (χ2v) is 10.3. The highest BCUT2D eigenvalue weighted by atomic mass is 35.5. The van der Waals surface area contributed by atoms with Crippen molar-refractivity contribution in [1.29, 1.82) is 0 Å². The summed E-state index contributed by atoms with van der Waals surface area (Å²) in [5, 5.41) is 0.821. The minimum absolute atomic E-state index is 0.0637. The van der Waals surface area contributed by atoms with Gasteiger partial charge in [-0.05, 0) is 72.9 Å². The Morgan fingerprint density at radius 1 is 1.00 bits per heavy atom. The van der Waals surface area contributed by atoms with Gasteiger partial charge in [0.05, 0.1) is 37.8 Å². The van der Waals surface area contributed by atoms with Crippen molar-refractivity contribution in [1.82, 2.24) is 4.90 Å². The molecule has 4 aromatic rings. The standard InChI is InChI=1S/C32H32ClNO6/c1-5-6-14-39-22-9-7-8-21(17-22)29-28-30(35)23-18-24(33)19(2)15-26(23)40-31(28)32(36)34(29)13-12-20-10-11-25(37-3)27(16-20)38-4/h7-11,15-18,29H,5-6,12-14H2,1-4H3. The number of hydrogen-bond acceptors (Lipinski definition) is 6. The van der Waals surface area contributed by atoms with Gasteiger partial charge in [0.1, 0.15) is 11.3 Å². The second kappa shape index (κ2) is 11.6. The third kappa shape index (κ3) is 5.13. The van der Waals surface area contributed by atoms with E-state index in [1.54, 1.807) is 31.3 Å².